The maximum atomic E-state index is 9.78. The Morgan fingerprint density at radius 2 is 1.78 bits per heavy atom. The van der Waals surface area contributed by atoms with E-state index in [2.05, 4.69) is 16.0 Å². The van der Waals surface area contributed by atoms with Gasteiger partial charge in [-0.2, -0.15) is 10.2 Å². The van der Waals surface area contributed by atoms with Crippen molar-refractivity contribution in [3.63, 3.8) is 0 Å². The average Bonchev–Trinajstić information content (AvgIpc) is 2.74. The number of hydrogen-bond acceptors (Lipinski definition) is 5. The van der Waals surface area contributed by atoms with Crippen LogP contribution < -0.4 is 4.74 Å². The number of fused-ring (bicyclic) bond motifs is 1. The van der Waals surface area contributed by atoms with Crippen molar-refractivity contribution in [3.05, 3.63) is 72.6 Å². The molecule has 0 aliphatic rings. The first kappa shape index (κ1) is 16.7. The Morgan fingerprint density at radius 1 is 0.963 bits per heavy atom. The molecule has 0 unspecified atom stereocenters. The first-order valence-electron chi connectivity index (χ1n) is 8.65. The van der Waals surface area contributed by atoms with Crippen LogP contribution in [0.1, 0.15) is 12.5 Å². The third kappa shape index (κ3) is 3.09. The summed E-state index contributed by atoms with van der Waals surface area (Å²) in [5, 5.41) is 10.6. The van der Waals surface area contributed by atoms with E-state index in [1.807, 2.05) is 61.5 Å². The van der Waals surface area contributed by atoms with Gasteiger partial charge in [-0.15, -0.1) is 0 Å². The van der Waals surface area contributed by atoms with Gasteiger partial charge in [-0.1, -0.05) is 30.3 Å². The van der Waals surface area contributed by atoms with Crippen molar-refractivity contribution in [2.75, 3.05) is 6.61 Å². The van der Waals surface area contributed by atoms with E-state index in [1.165, 1.54) is 0 Å². The molecule has 4 aromatic rings. The van der Waals surface area contributed by atoms with Gasteiger partial charge < -0.3 is 4.74 Å². The topological polar surface area (TPSA) is 71.7 Å². The van der Waals surface area contributed by atoms with Crippen LogP contribution in [0.4, 0.5) is 0 Å². The zero-order valence-corrected chi connectivity index (χ0v) is 14.8. The number of nitrogens with zero attached hydrogens (tertiary/aromatic N) is 4. The molecule has 27 heavy (non-hydrogen) atoms. The van der Waals surface area contributed by atoms with Crippen LogP contribution in [0.3, 0.4) is 0 Å². The summed E-state index contributed by atoms with van der Waals surface area (Å²) in [6.45, 7) is 2.29. The fraction of sp³-hybridized carbons (Fsp3) is 0.0909. The molecule has 0 N–H and O–H groups in total. The van der Waals surface area contributed by atoms with Crippen LogP contribution in [0.25, 0.3) is 33.4 Å². The summed E-state index contributed by atoms with van der Waals surface area (Å²) in [6.07, 6.45) is 3.49. The summed E-state index contributed by atoms with van der Waals surface area (Å²) < 4.78 is 5.66. The molecule has 0 saturated heterocycles. The van der Waals surface area contributed by atoms with Crippen molar-refractivity contribution < 1.29 is 4.74 Å². The highest BCUT2D eigenvalue weighted by Gasteiger charge is 2.19. The van der Waals surface area contributed by atoms with E-state index < -0.39 is 0 Å². The summed E-state index contributed by atoms with van der Waals surface area (Å²) in [5.41, 5.74) is 4.36. The highest BCUT2D eigenvalue weighted by molar-refractivity contribution is 5.97. The summed E-state index contributed by atoms with van der Waals surface area (Å²) in [7, 11) is 0. The fourth-order valence-corrected chi connectivity index (χ4v) is 3.05. The van der Waals surface area contributed by atoms with E-state index in [0.29, 0.717) is 23.7 Å². The van der Waals surface area contributed by atoms with Gasteiger partial charge in [-0.05, 0) is 36.8 Å². The van der Waals surface area contributed by atoms with E-state index in [9.17, 15) is 5.26 Å². The van der Waals surface area contributed by atoms with Gasteiger partial charge in [0.25, 0.3) is 0 Å². The van der Waals surface area contributed by atoms with Crippen molar-refractivity contribution >= 4 is 11.0 Å². The first-order valence-corrected chi connectivity index (χ1v) is 8.65. The average molecular weight is 352 g/mol. The molecule has 0 amide bonds. The highest BCUT2D eigenvalue weighted by atomic mass is 16.5. The normalized spacial score (nSPS) is 10.5. The van der Waals surface area contributed by atoms with Gasteiger partial charge in [0.05, 0.1) is 12.3 Å². The summed E-state index contributed by atoms with van der Waals surface area (Å²) in [6, 6.07) is 19.7. The van der Waals surface area contributed by atoms with Crippen LogP contribution >= 0.6 is 0 Å². The molecule has 0 atom stereocenters. The quantitative estimate of drug-likeness (QED) is 0.535. The molecule has 0 saturated carbocycles. The second kappa shape index (κ2) is 7.22. The van der Waals surface area contributed by atoms with Gasteiger partial charge in [-0.3, -0.25) is 4.98 Å². The van der Waals surface area contributed by atoms with Crippen molar-refractivity contribution in [2.45, 2.75) is 6.92 Å². The van der Waals surface area contributed by atoms with Crippen molar-refractivity contribution in [2.24, 2.45) is 0 Å². The molecule has 130 valence electrons. The number of aromatic nitrogens is 3. The Morgan fingerprint density at radius 3 is 2.48 bits per heavy atom. The molecular formula is C22H16N4O. The lowest BCUT2D eigenvalue weighted by atomic mass is 9.97. The Labute approximate surface area is 156 Å². The second-order valence-electron chi connectivity index (χ2n) is 5.89. The van der Waals surface area contributed by atoms with Gasteiger partial charge in [0.2, 0.25) is 5.88 Å². The van der Waals surface area contributed by atoms with Gasteiger partial charge >= 0.3 is 0 Å². The minimum atomic E-state index is 0.308. The van der Waals surface area contributed by atoms with E-state index in [-0.39, 0.29) is 0 Å². The Bertz CT molecular complexity index is 1140. The lowest BCUT2D eigenvalue weighted by Crippen LogP contribution is -2.02. The molecule has 0 aliphatic heterocycles. The SMILES string of the molecule is CCOc1nc2nc(-c3cccnc3)ccc2c(-c2ccccc2)c1C#N. The molecule has 0 fully saturated rings. The Kier molecular flexibility index (Phi) is 4.46. The Balaban J connectivity index is 2.03. The van der Waals surface area contributed by atoms with E-state index in [4.69, 9.17) is 9.72 Å². The minimum absolute atomic E-state index is 0.308. The molecule has 0 spiro atoms. The fourth-order valence-electron chi connectivity index (χ4n) is 3.05. The van der Waals surface area contributed by atoms with Crippen LogP contribution in [0.5, 0.6) is 5.88 Å². The van der Waals surface area contributed by atoms with Crippen LogP contribution in [0.2, 0.25) is 0 Å². The molecule has 0 aliphatic carbocycles. The van der Waals surface area contributed by atoms with Crippen molar-refractivity contribution in [1.82, 2.24) is 15.0 Å². The maximum absolute atomic E-state index is 9.78. The van der Waals surface area contributed by atoms with E-state index in [1.54, 1.807) is 12.4 Å². The lowest BCUT2D eigenvalue weighted by molar-refractivity contribution is 0.327. The molecule has 1 aromatic carbocycles. The number of benzene rings is 1. The predicted octanol–water partition coefficient (Wildman–Crippen LogP) is 4.63. The zero-order valence-electron chi connectivity index (χ0n) is 14.8. The second-order valence-corrected chi connectivity index (χ2v) is 5.89. The number of nitriles is 1. The monoisotopic (exact) mass is 352 g/mol. The molecule has 3 aromatic heterocycles. The third-order valence-electron chi connectivity index (χ3n) is 4.23. The van der Waals surface area contributed by atoms with E-state index in [0.717, 1.165) is 27.8 Å². The Hall–Kier alpha value is -3.78. The number of ether oxygens (including phenoxy) is 1. The standard InChI is InChI=1S/C22H16N4O/c1-2-27-22-18(13-23)20(15-7-4-3-5-8-15)17-10-11-19(25-21(17)26-22)16-9-6-12-24-14-16/h3-12,14H,2H2,1H3. The molecule has 5 nitrogen and oxygen atoms in total. The largest absolute Gasteiger partial charge is 0.477 e. The van der Waals surface area contributed by atoms with Gasteiger partial charge in [0.15, 0.2) is 5.65 Å². The molecule has 4 rings (SSSR count). The lowest BCUT2D eigenvalue weighted by Gasteiger charge is -2.13. The molecule has 0 radical (unpaired) electrons. The third-order valence-corrected chi connectivity index (χ3v) is 4.23. The van der Waals surface area contributed by atoms with Crippen LogP contribution in [-0.2, 0) is 0 Å². The molecule has 5 heteroatoms. The highest BCUT2D eigenvalue weighted by Crippen LogP contribution is 2.36. The minimum Gasteiger partial charge on any atom is -0.477 e. The summed E-state index contributed by atoms with van der Waals surface area (Å²) in [5.74, 6) is 0.308. The van der Waals surface area contributed by atoms with Gasteiger partial charge in [0, 0.05) is 28.9 Å². The van der Waals surface area contributed by atoms with Crippen LogP contribution in [-0.4, -0.2) is 21.6 Å². The van der Waals surface area contributed by atoms with Crippen LogP contribution in [0.15, 0.2) is 67.0 Å². The first-order chi connectivity index (χ1) is 13.3. The number of hydrogen-bond donors (Lipinski definition) is 0. The molecule has 3 heterocycles. The molecular weight excluding hydrogens is 336 g/mol. The van der Waals surface area contributed by atoms with Gasteiger partial charge in [-0.25, -0.2) is 4.98 Å². The predicted molar refractivity (Wildman–Crippen MR) is 104 cm³/mol. The summed E-state index contributed by atoms with van der Waals surface area (Å²) >= 11 is 0. The van der Waals surface area contributed by atoms with Crippen molar-refractivity contribution in [1.29, 1.82) is 5.26 Å². The smallest absolute Gasteiger partial charge is 0.234 e. The van der Waals surface area contributed by atoms with Gasteiger partial charge in [0.1, 0.15) is 11.6 Å². The number of pyridine rings is 3. The zero-order chi connectivity index (χ0) is 18.6. The van der Waals surface area contributed by atoms with Crippen LogP contribution in [0, 0.1) is 11.3 Å². The summed E-state index contributed by atoms with van der Waals surface area (Å²) in [4.78, 5) is 13.4. The van der Waals surface area contributed by atoms with Crippen molar-refractivity contribution in [3.8, 4) is 34.3 Å². The maximum Gasteiger partial charge on any atom is 0.234 e. The molecule has 0 bridgehead atoms. The number of rotatable bonds is 4. The van der Waals surface area contributed by atoms with E-state index >= 15 is 0 Å².